The fourth-order valence-corrected chi connectivity index (χ4v) is 2.84. The highest BCUT2D eigenvalue weighted by atomic mass is 15.3. The summed E-state index contributed by atoms with van der Waals surface area (Å²) < 4.78 is 2.06. The Kier molecular flexibility index (Phi) is 3.25. The van der Waals surface area contributed by atoms with Crippen LogP contribution in [0.25, 0.3) is 0 Å². The van der Waals surface area contributed by atoms with Gasteiger partial charge in [0.2, 0.25) is 0 Å². The lowest BCUT2D eigenvalue weighted by molar-refractivity contribution is 0.238. The minimum absolute atomic E-state index is 0.930. The Morgan fingerprint density at radius 3 is 3.05 bits per heavy atom. The normalized spacial score (nSPS) is 15.4. The summed E-state index contributed by atoms with van der Waals surface area (Å²) in [5.41, 5.74) is 11.0. The molecule has 1 aromatic heterocycles. The number of nitrogens with two attached hydrogens (primary N) is 1. The van der Waals surface area contributed by atoms with Crippen molar-refractivity contribution in [2.24, 2.45) is 0 Å². The number of nitrogens with zero attached hydrogens (tertiary/aromatic N) is 3. The third-order valence-electron chi connectivity index (χ3n) is 3.87. The van der Waals surface area contributed by atoms with Crippen LogP contribution >= 0.6 is 0 Å². The molecule has 3 rings (SSSR count). The zero-order valence-electron chi connectivity index (χ0n) is 11.3. The highest BCUT2D eigenvalue weighted by Gasteiger charge is 2.18. The van der Waals surface area contributed by atoms with Crippen LogP contribution in [0.15, 0.2) is 30.5 Å². The van der Waals surface area contributed by atoms with E-state index in [0.29, 0.717) is 0 Å². The second kappa shape index (κ2) is 5.05. The third kappa shape index (κ3) is 2.36. The number of fused-ring (bicyclic) bond motifs is 1. The Morgan fingerprint density at radius 1 is 1.32 bits per heavy atom. The summed E-state index contributed by atoms with van der Waals surface area (Å²) >= 11 is 0. The van der Waals surface area contributed by atoms with Crippen molar-refractivity contribution >= 4 is 5.69 Å². The average Bonchev–Trinajstić information content (AvgIpc) is 2.86. The number of aryl methyl sites for hydroxylation is 1. The fraction of sp³-hybridized carbons (Fsp3) is 0.400. The van der Waals surface area contributed by atoms with E-state index >= 15 is 0 Å². The van der Waals surface area contributed by atoms with Gasteiger partial charge >= 0.3 is 0 Å². The number of hydrogen-bond acceptors (Lipinski definition) is 3. The van der Waals surface area contributed by atoms with Crippen molar-refractivity contribution in [3.63, 3.8) is 0 Å². The Balaban J connectivity index is 1.76. The molecule has 0 fully saturated rings. The van der Waals surface area contributed by atoms with Crippen LogP contribution < -0.4 is 5.73 Å². The van der Waals surface area contributed by atoms with Crippen molar-refractivity contribution in [3.8, 4) is 0 Å². The van der Waals surface area contributed by atoms with E-state index in [1.165, 1.54) is 16.8 Å². The molecule has 1 aliphatic rings. The van der Waals surface area contributed by atoms with Gasteiger partial charge in [-0.05, 0) is 36.6 Å². The number of nitrogen functional groups attached to an aromatic ring is 1. The van der Waals surface area contributed by atoms with E-state index in [1.807, 2.05) is 18.3 Å². The summed E-state index contributed by atoms with van der Waals surface area (Å²) in [6.07, 6.45) is 2.93. The maximum Gasteiger partial charge on any atom is 0.0524 e. The first-order valence-electron chi connectivity index (χ1n) is 6.87. The monoisotopic (exact) mass is 256 g/mol. The fourth-order valence-electron chi connectivity index (χ4n) is 2.84. The molecule has 2 heterocycles. The first-order valence-corrected chi connectivity index (χ1v) is 6.87. The van der Waals surface area contributed by atoms with Gasteiger partial charge in [-0.2, -0.15) is 5.10 Å². The molecular weight excluding hydrogens is 236 g/mol. The summed E-state index contributed by atoms with van der Waals surface area (Å²) in [7, 11) is 0. The summed E-state index contributed by atoms with van der Waals surface area (Å²) in [4.78, 5) is 2.46. The second-order valence-corrected chi connectivity index (χ2v) is 5.08. The Bertz CT molecular complexity index is 573. The molecule has 19 heavy (non-hydrogen) atoms. The predicted octanol–water partition coefficient (Wildman–Crippen LogP) is 2.04. The molecule has 0 bridgehead atoms. The van der Waals surface area contributed by atoms with Gasteiger partial charge in [-0.1, -0.05) is 12.1 Å². The standard InChI is InChI=1S/C15H20N4/c1-2-19-13(6-8-17-19)11-18-9-7-14-12(10-18)4-3-5-15(14)16/h3-6,8H,2,7,9-11,16H2,1H3. The smallest absolute Gasteiger partial charge is 0.0524 e. The molecule has 1 aliphatic heterocycles. The first kappa shape index (κ1) is 12.2. The van der Waals surface area contributed by atoms with E-state index in [-0.39, 0.29) is 0 Å². The first-order chi connectivity index (χ1) is 9.28. The quantitative estimate of drug-likeness (QED) is 0.855. The van der Waals surface area contributed by atoms with Crippen LogP contribution in [0.1, 0.15) is 23.7 Å². The molecule has 4 nitrogen and oxygen atoms in total. The topological polar surface area (TPSA) is 47.1 Å². The van der Waals surface area contributed by atoms with Gasteiger partial charge in [-0.25, -0.2) is 0 Å². The molecule has 1 aromatic carbocycles. The van der Waals surface area contributed by atoms with Gasteiger partial charge in [0.1, 0.15) is 0 Å². The van der Waals surface area contributed by atoms with Crippen LogP contribution in [0.5, 0.6) is 0 Å². The predicted molar refractivity (Wildman–Crippen MR) is 76.6 cm³/mol. The Morgan fingerprint density at radius 2 is 2.21 bits per heavy atom. The molecule has 0 saturated heterocycles. The summed E-state index contributed by atoms with van der Waals surface area (Å²) in [5, 5.41) is 4.33. The lowest BCUT2D eigenvalue weighted by Crippen LogP contribution is -2.31. The Hall–Kier alpha value is -1.81. The number of benzene rings is 1. The third-order valence-corrected chi connectivity index (χ3v) is 3.87. The SMILES string of the molecule is CCn1nccc1CN1CCc2c(N)cccc2C1. The zero-order valence-corrected chi connectivity index (χ0v) is 11.3. The van der Waals surface area contributed by atoms with Gasteiger partial charge in [0.05, 0.1) is 5.69 Å². The second-order valence-electron chi connectivity index (χ2n) is 5.08. The molecule has 0 amide bonds. The number of aromatic nitrogens is 2. The van der Waals surface area contributed by atoms with Crippen LogP contribution in [-0.2, 0) is 26.1 Å². The van der Waals surface area contributed by atoms with Crippen molar-refractivity contribution in [2.45, 2.75) is 33.0 Å². The van der Waals surface area contributed by atoms with E-state index in [9.17, 15) is 0 Å². The van der Waals surface area contributed by atoms with Crippen molar-refractivity contribution < 1.29 is 0 Å². The van der Waals surface area contributed by atoms with Crippen LogP contribution in [0, 0.1) is 0 Å². The van der Waals surface area contributed by atoms with Crippen molar-refractivity contribution in [3.05, 3.63) is 47.3 Å². The molecule has 0 spiro atoms. The number of rotatable bonds is 3. The van der Waals surface area contributed by atoms with E-state index in [1.54, 1.807) is 0 Å². The summed E-state index contributed by atoms with van der Waals surface area (Å²) in [5.74, 6) is 0. The molecule has 0 unspecified atom stereocenters. The lowest BCUT2D eigenvalue weighted by atomic mass is 9.98. The summed E-state index contributed by atoms with van der Waals surface area (Å²) in [6, 6.07) is 8.35. The molecule has 4 heteroatoms. The molecule has 0 aliphatic carbocycles. The molecular formula is C15H20N4. The lowest BCUT2D eigenvalue weighted by Gasteiger charge is -2.29. The molecule has 0 atom stereocenters. The molecule has 0 radical (unpaired) electrons. The van der Waals surface area contributed by atoms with Crippen LogP contribution in [0.4, 0.5) is 5.69 Å². The van der Waals surface area contributed by atoms with Gasteiger partial charge < -0.3 is 5.73 Å². The van der Waals surface area contributed by atoms with Gasteiger partial charge in [0.15, 0.2) is 0 Å². The van der Waals surface area contributed by atoms with Crippen LogP contribution in [0.3, 0.4) is 0 Å². The van der Waals surface area contributed by atoms with Gasteiger partial charge in [0, 0.05) is 38.1 Å². The molecule has 100 valence electrons. The number of anilines is 1. The molecule has 0 saturated carbocycles. The highest BCUT2D eigenvalue weighted by Crippen LogP contribution is 2.24. The maximum atomic E-state index is 6.04. The van der Waals surface area contributed by atoms with Crippen LogP contribution in [0.2, 0.25) is 0 Å². The van der Waals surface area contributed by atoms with Crippen molar-refractivity contribution in [2.75, 3.05) is 12.3 Å². The van der Waals surface area contributed by atoms with E-state index in [4.69, 9.17) is 5.73 Å². The molecule has 2 aromatic rings. The average molecular weight is 256 g/mol. The number of hydrogen-bond donors (Lipinski definition) is 1. The minimum atomic E-state index is 0.930. The van der Waals surface area contributed by atoms with E-state index in [2.05, 4.69) is 33.7 Å². The zero-order chi connectivity index (χ0) is 13.2. The van der Waals surface area contributed by atoms with Crippen molar-refractivity contribution in [1.29, 1.82) is 0 Å². The van der Waals surface area contributed by atoms with Gasteiger partial charge in [-0.15, -0.1) is 0 Å². The Labute approximate surface area is 113 Å². The van der Waals surface area contributed by atoms with E-state index in [0.717, 1.165) is 38.3 Å². The van der Waals surface area contributed by atoms with Crippen molar-refractivity contribution in [1.82, 2.24) is 14.7 Å². The van der Waals surface area contributed by atoms with Gasteiger partial charge in [0.25, 0.3) is 0 Å². The largest absolute Gasteiger partial charge is 0.398 e. The maximum absolute atomic E-state index is 6.04. The minimum Gasteiger partial charge on any atom is -0.398 e. The summed E-state index contributed by atoms with van der Waals surface area (Å²) in [6.45, 7) is 6.07. The molecule has 2 N–H and O–H groups in total. The van der Waals surface area contributed by atoms with E-state index < -0.39 is 0 Å². The van der Waals surface area contributed by atoms with Crippen LogP contribution in [-0.4, -0.2) is 21.2 Å². The highest BCUT2D eigenvalue weighted by molar-refractivity contribution is 5.51. The van der Waals surface area contributed by atoms with Gasteiger partial charge in [-0.3, -0.25) is 9.58 Å².